The minimum Gasteiger partial charge on any atom is -0.373 e. The molecule has 3 atom stereocenters. The molecule has 0 radical (unpaired) electrons. The number of nitrogens with zero attached hydrogens (tertiary/aromatic N) is 6. The van der Waals surface area contributed by atoms with Gasteiger partial charge in [-0.15, -0.1) is 0 Å². The first kappa shape index (κ1) is 21.9. The van der Waals surface area contributed by atoms with E-state index in [9.17, 15) is 9.00 Å². The van der Waals surface area contributed by atoms with Gasteiger partial charge in [-0.1, -0.05) is 12.1 Å². The van der Waals surface area contributed by atoms with Crippen molar-refractivity contribution in [1.82, 2.24) is 29.0 Å². The Kier molecular flexibility index (Phi) is 5.81. The minimum absolute atomic E-state index is 0.187. The second kappa shape index (κ2) is 8.77. The Labute approximate surface area is 193 Å². The quantitative estimate of drug-likeness (QED) is 0.443. The number of rotatable bonds is 5. The van der Waals surface area contributed by atoms with Gasteiger partial charge in [-0.2, -0.15) is 9.61 Å². The van der Waals surface area contributed by atoms with E-state index < -0.39 is 10.8 Å². The average Bonchev–Trinajstić information content (AvgIpc) is 3.27. The molecule has 5 rings (SSSR count). The van der Waals surface area contributed by atoms with Crippen LogP contribution in [0.1, 0.15) is 25.0 Å². The molecule has 0 N–H and O–H groups in total. The normalized spacial score (nSPS) is 20.5. The van der Waals surface area contributed by atoms with Gasteiger partial charge in [0, 0.05) is 47.8 Å². The van der Waals surface area contributed by atoms with Gasteiger partial charge < -0.3 is 4.74 Å². The van der Waals surface area contributed by atoms with Crippen LogP contribution in [0.4, 0.5) is 0 Å². The van der Waals surface area contributed by atoms with Gasteiger partial charge in [0.05, 0.1) is 24.1 Å². The Hall–Kier alpha value is -2.95. The molecule has 1 aliphatic heterocycles. The largest absolute Gasteiger partial charge is 0.373 e. The van der Waals surface area contributed by atoms with Crippen molar-refractivity contribution in [3.05, 3.63) is 64.5 Å². The standard InChI is InChI=1S/C23H26N6O3S/c1-15-10-27(11-16(2)32-15)12-18-8-20-21(24-9-18)28(23(30)29-22(20)25-14-26-29)13-17-4-6-19(7-5-17)33(3)31/h4-9,14-16H,10-13H2,1-3H3. The van der Waals surface area contributed by atoms with Crippen molar-refractivity contribution in [2.45, 2.75) is 44.0 Å². The van der Waals surface area contributed by atoms with Crippen LogP contribution in [-0.4, -0.2) is 64.8 Å². The van der Waals surface area contributed by atoms with Crippen molar-refractivity contribution < 1.29 is 8.95 Å². The molecule has 172 valence electrons. The molecule has 0 aliphatic carbocycles. The number of ether oxygens (including phenoxy) is 1. The summed E-state index contributed by atoms with van der Waals surface area (Å²) in [6.07, 6.45) is 5.24. The molecule has 4 aromatic rings. The highest BCUT2D eigenvalue weighted by molar-refractivity contribution is 7.84. The maximum absolute atomic E-state index is 13.2. The SMILES string of the molecule is CC1CN(Cc2cnc3c(c2)c2ncnn2c(=O)n3Cc2ccc(S(C)=O)cc2)CC(C)O1. The molecular weight excluding hydrogens is 440 g/mol. The first-order valence-corrected chi connectivity index (χ1v) is 12.5. The molecule has 0 amide bonds. The molecule has 1 aromatic carbocycles. The smallest absolute Gasteiger partial charge is 0.352 e. The molecule has 10 heteroatoms. The fourth-order valence-corrected chi connectivity index (χ4v) is 5.04. The summed E-state index contributed by atoms with van der Waals surface area (Å²) in [6, 6.07) is 9.47. The maximum Gasteiger partial charge on any atom is 0.352 e. The molecule has 4 heterocycles. The van der Waals surface area contributed by atoms with Crippen LogP contribution >= 0.6 is 0 Å². The number of hydrogen-bond donors (Lipinski definition) is 0. The maximum atomic E-state index is 13.2. The molecule has 1 aliphatic rings. The van der Waals surface area contributed by atoms with Crippen molar-refractivity contribution in [1.29, 1.82) is 0 Å². The van der Waals surface area contributed by atoms with Gasteiger partial charge in [0.1, 0.15) is 12.0 Å². The van der Waals surface area contributed by atoms with Crippen LogP contribution in [-0.2, 0) is 28.6 Å². The number of hydrogen-bond acceptors (Lipinski definition) is 7. The molecule has 1 saturated heterocycles. The summed E-state index contributed by atoms with van der Waals surface area (Å²) in [5, 5.41) is 4.93. The molecule has 3 aromatic heterocycles. The van der Waals surface area contributed by atoms with Gasteiger partial charge in [0.15, 0.2) is 5.65 Å². The fourth-order valence-electron chi connectivity index (χ4n) is 4.52. The van der Waals surface area contributed by atoms with E-state index in [4.69, 9.17) is 9.72 Å². The zero-order valence-electron chi connectivity index (χ0n) is 18.8. The van der Waals surface area contributed by atoms with Gasteiger partial charge in [0.2, 0.25) is 0 Å². The van der Waals surface area contributed by atoms with E-state index in [1.807, 2.05) is 30.5 Å². The van der Waals surface area contributed by atoms with Gasteiger partial charge in [-0.3, -0.25) is 13.7 Å². The molecule has 9 nitrogen and oxygen atoms in total. The zero-order valence-corrected chi connectivity index (χ0v) is 19.7. The molecule has 1 fully saturated rings. The van der Waals surface area contributed by atoms with Crippen LogP contribution in [0.5, 0.6) is 0 Å². The molecular formula is C23H26N6O3S. The lowest BCUT2D eigenvalue weighted by atomic mass is 10.1. The Morgan fingerprint density at radius 3 is 2.45 bits per heavy atom. The summed E-state index contributed by atoms with van der Waals surface area (Å²) in [6.45, 7) is 6.97. The van der Waals surface area contributed by atoms with Crippen LogP contribution in [0.2, 0.25) is 0 Å². The third kappa shape index (κ3) is 4.33. The summed E-state index contributed by atoms with van der Waals surface area (Å²) in [4.78, 5) is 25.3. The number of benzene rings is 1. The van der Waals surface area contributed by atoms with E-state index in [1.54, 1.807) is 10.8 Å². The van der Waals surface area contributed by atoms with Crippen molar-refractivity contribution in [2.24, 2.45) is 0 Å². The number of morpholine rings is 1. The number of pyridine rings is 1. The first-order valence-electron chi connectivity index (χ1n) is 10.9. The highest BCUT2D eigenvalue weighted by atomic mass is 32.2. The summed E-state index contributed by atoms with van der Waals surface area (Å²) in [5.74, 6) is 0. The molecule has 0 spiro atoms. The van der Waals surface area contributed by atoms with Crippen molar-refractivity contribution in [3.8, 4) is 0 Å². The second-order valence-corrected chi connectivity index (χ2v) is 10.0. The number of aromatic nitrogens is 5. The van der Waals surface area contributed by atoms with Crippen molar-refractivity contribution in [3.63, 3.8) is 0 Å². The number of fused-ring (bicyclic) bond motifs is 3. The highest BCUT2D eigenvalue weighted by Crippen LogP contribution is 2.20. The predicted molar refractivity (Wildman–Crippen MR) is 126 cm³/mol. The summed E-state index contributed by atoms with van der Waals surface area (Å²) >= 11 is 0. The highest BCUT2D eigenvalue weighted by Gasteiger charge is 2.23. The molecule has 33 heavy (non-hydrogen) atoms. The van der Waals surface area contributed by atoms with E-state index in [2.05, 4.69) is 34.9 Å². The third-order valence-corrected chi connectivity index (χ3v) is 6.81. The Bertz CT molecular complexity index is 1390. The molecule has 0 bridgehead atoms. The summed E-state index contributed by atoms with van der Waals surface area (Å²) < 4.78 is 20.5. The van der Waals surface area contributed by atoms with E-state index in [1.165, 1.54) is 10.8 Å². The van der Waals surface area contributed by atoms with Crippen LogP contribution in [0.25, 0.3) is 16.7 Å². The summed E-state index contributed by atoms with van der Waals surface area (Å²) in [5.41, 5.74) is 2.73. The van der Waals surface area contributed by atoms with Crippen LogP contribution in [0, 0.1) is 0 Å². The Morgan fingerprint density at radius 1 is 1.03 bits per heavy atom. The van der Waals surface area contributed by atoms with Crippen molar-refractivity contribution >= 4 is 27.5 Å². The van der Waals surface area contributed by atoms with Crippen LogP contribution in [0.15, 0.2) is 52.5 Å². The lowest BCUT2D eigenvalue weighted by Crippen LogP contribution is -2.44. The first-order chi connectivity index (χ1) is 15.9. The zero-order chi connectivity index (χ0) is 23.1. The van der Waals surface area contributed by atoms with Gasteiger partial charge in [-0.05, 0) is 43.2 Å². The van der Waals surface area contributed by atoms with Gasteiger partial charge in [0.25, 0.3) is 0 Å². The average molecular weight is 467 g/mol. The van der Waals surface area contributed by atoms with Crippen LogP contribution in [0.3, 0.4) is 0 Å². The van der Waals surface area contributed by atoms with Gasteiger partial charge >= 0.3 is 5.69 Å². The second-order valence-electron chi connectivity index (χ2n) is 8.63. The lowest BCUT2D eigenvalue weighted by Gasteiger charge is -2.35. The van der Waals surface area contributed by atoms with E-state index >= 15 is 0 Å². The minimum atomic E-state index is -1.05. The van der Waals surface area contributed by atoms with Crippen LogP contribution < -0.4 is 5.69 Å². The molecule has 3 unspecified atom stereocenters. The topological polar surface area (TPSA) is 94.6 Å². The summed E-state index contributed by atoms with van der Waals surface area (Å²) in [7, 11) is -1.05. The van der Waals surface area contributed by atoms with E-state index in [-0.39, 0.29) is 17.9 Å². The molecule has 0 saturated carbocycles. The third-order valence-electron chi connectivity index (χ3n) is 5.88. The van der Waals surface area contributed by atoms with Gasteiger partial charge in [-0.25, -0.2) is 14.8 Å². The predicted octanol–water partition coefficient (Wildman–Crippen LogP) is 1.83. The van der Waals surface area contributed by atoms with Crippen molar-refractivity contribution in [2.75, 3.05) is 19.3 Å². The Morgan fingerprint density at radius 2 is 1.76 bits per heavy atom. The Balaban J connectivity index is 1.54. The van der Waals surface area contributed by atoms with E-state index in [0.717, 1.165) is 41.0 Å². The lowest BCUT2D eigenvalue weighted by molar-refractivity contribution is -0.0705. The monoisotopic (exact) mass is 466 g/mol. The fraction of sp³-hybridized carbons (Fsp3) is 0.391. The van der Waals surface area contributed by atoms with E-state index in [0.29, 0.717) is 17.8 Å².